The second kappa shape index (κ2) is 9.36. The summed E-state index contributed by atoms with van der Waals surface area (Å²) in [5, 5.41) is 0. The summed E-state index contributed by atoms with van der Waals surface area (Å²) in [7, 11) is 1.69. The van der Waals surface area contributed by atoms with Gasteiger partial charge in [-0.1, -0.05) is 12.1 Å². The Morgan fingerprint density at radius 3 is 2.70 bits per heavy atom. The van der Waals surface area contributed by atoms with E-state index in [4.69, 9.17) is 9.47 Å². The molecule has 23 heavy (non-hydrogen) atoms. The number of unbranched alkanes of at least 4 members (excludes halogenated alkanes) is 2. The topological polar surface area (TPSA) is 35.5 Å². The third-order valence-electron chi connectivity index (χ3n) is 3.59. The number of aldehydes is 1. The first kappa shape index (κ1) is 17.5. The number of rotatable bonds is 9. The molecule has 2 rings (SSSR count). The number of methoxy groups -OCH3 is 1. The zero-order chi connectivity index (χ0) is 16.5. The van der Waals surface area contributed by atoms with E-state index in [-0.39, 0.29) is 0 Å². The lowest BCUT2D eigenvalue weighted by atomic mass is 10.1. The molecule has 0 N–H and O–H groups in total. The standard InChI is InChI=1S/C19H21BrO3/c1-22-17-8-5-7-15(12-17)6-3-2-4-11-23-19-10-9-16(14-21)13-18(19)20/h5,7-10,12-14H,2-4,6,11H2,1H3. The lowest BCUT2D eigenvalue weighted by molar-refractivity contribution is 0.112. The third kappa shape index (κ3) is 5.71. The van der Waals surface area contributed by atoms with Crippen LogP contribution in [0.15, 0.2) is 46.9 Å². The van der Waals surface area contributed by atoms with Crippen LogP contribution in [0.3, 0.4) is 0 Å². The fourth-order valence-corrected chi connectivity index (χ4v) is 2.84. The van der Waals surface area contributed by atoms with Crippen molar-refractivity contribution in [3.8, 4) is 11.5 Å². The molecular formula is C19H21BrO3. The van der Waals surface area contributed by atoms with Crippen LogP contribution in [0.1, 0.15) is 35.2 Å². The van der Waals surface area contributed by atoms with Gasteiger partial charge in [-0.15, -0.1) is 0 Å². The Morgan fingerprint density at radius 1 is 1.09 bits per heavy atom. The molecular weight excluding hydrogens is 356 g/mol. The van der Waals surface area contributed by atoms with E-state index in [0.29, 0.717) is 12.2 Å². The minimum absolute atomic E-state index is 0.641. The monoisotopic (exact) mass is 376 g/mol. The largest absolute Gasteiger partial charge is 0.497 e. The third-order valence-corrected chi connectivity index (χ3v) is 4.21. The molecule has 0 heterocycles. The first-order chi connectivity index (χ1) is 11.2. The molecule has 3 nitrogen and oxygen atoms in total. The van der Waals surface area contributed by atoms with Gasteiger partial charge in [0.1, 0.15) is 17.8 Å². The summed E-state index contributed by atoms with van der Waals surface area (Å²) in [6, 6.07) is 13.6. The molecule has 0 unspecified atom stereocenters. The average Bonchev–Trinajstić information content (AvgIpc) is 2.59. The van der Waals surface area contributed by atoms with E-state index in [1.54, 1.807) is 19.2 Å². The van der Waals surface area contributed by atoms with E-state index in [0.717, 1.165) is 47.9 Å². The lowest BCUT2D eigenvalue weighted by Crippen LogP contribution is -1.99. The maximum absolute atomic E-state index is 10.7. The van der Waals surface area contributed by atoms with Crippen molar-refractivity contribution in [2.45, 2.75) is 25.7 Å². The maximum Gasteiger partial charge on any atom is 0.150 e. The number of halogens is 1. The molecule has 0 aliphatic rings. The number of hydrogen-bond donors (Lipinski definition) is 0. The predicted octanol–water partition coefficient (Wildman–Crippen LogP) is 5.06. The Bertz CT molecular complexity index is 640. The Kier molecular flexibility index (Phi) is 7.14. The molecule has 0 fully saturated rings. The van der Waals surface area contributed by atoms with Crippen LogP contribution in [0.25, 0.3) is 0 Å². The van der Waals surface area contributed by atoms with Crippen LogP contribution in [0.4, 0.5) is 0 Å². The highest BCUT2D eigenvalue weighted by Gasteiger charge is 2.02. The van der Waals surface area contributed by atoms with Gasteiger partial charge in [-0.25, -0.2) is 0 Å². The van der Waals surface area contributed by atoms with Gasteiger partial charge in [-0.2, -0.15) is 0 Å². The molecule has 0 saturated carbocycles. The molecule has 0 atom stereocenters. The Morgan fingerprint density at radius 2 is 1.96 bits per heavy atom. The average molecular weight is 377 g/mol. The number of benzene rings is 2. The number of carbonyl (C=O) groups excluding carboxylic acids is 1. The van der Waals surface area contributed by atoms with Crippen LogP contribution in [0.5, 0.6) is 11.5 Å². The second-order valence-corrected chi connectivity index (χ2v) is 6.17. The van der Waals surface area contributed by atoms with Gasteiger partial charge in [-0.05, 0) is 77.5 Å². The summed E-state index contributed by atoms with van der Waals surface area (Å²) < 4.78 is 11.8. The first-order valence-electron chi connectivity index (χ1n) is 7.73. The molecule has 0 radical (unpaired) electrons. The van der Waals surface area contributed by atoms with Crippen LogP contribution in [-0.4, -0.2) is 20.0 Å². The van der Waals surface area contributed by atoms with Gasteiger partial charge in [0.2, 0.25) is 0 Å². The van der Waals surface area contributed by atoms with Crippen molar-refractivity contribution in [3.63, 3.8) is 0 Å². The lowest BCUT2D eigenvalue weighted by Gasteiger charge is -2.09. The van der Waals surface area contributed by atoms with Gasteiger partial charge in [0.15, 0.2) is 0 Å². The zero-order valence-corrected chi connectivity index (χ0v) is 14.8. The minimum atomic E-state index is 0.641. The van der Waals surface area contributed by atoms with Gasteiger partial charge in [0.05, 0.1) is 18.2 Å². The van der Waals surface area contributed by atoms with Crippen molar-refractivity contribution in [2.24, 2.45) is 0 Å². The maximum atomic E-state index is 10.7. The highest BCUT2D eigenvalue weighted by atomic mass is 79.9. The van der Waals surface area contributed by atoms with Crippen molar-refractivity contribution < 1.29 is 14.3 Å². The SMILES string of the molecule is COc1cccc(CCCCCOc2ccc(C=O)cc2Br)c1. The van der Waals surface area contributed by atoms with Gasteiger partial charge in [0, 0.05) is 5.56 Å². The van der Waals surface area contributed by atoms with E-state index in [1.165, 1.54) is 5.56 Å². The molecule has 4 heteroatoms. The number of carbonyl (C=O) groups is 1. The highest BCUT2D eigenvalue weighted by Crippen LogP contribution is 2.25. The van der Waals surface area contributed by atoms with Crippen molar-refractivity contribution in [1.82, 2.24) is 0 Å². The van der Waals surface area contributed by atoms with Gasteiger partial charge in [0.25, 0.3) is 0 Å². The smallest absolute Gasteiger partial charge is 0.150 e. The van der Waals surface area contributed by atoms with Gasteiger partial charge in [-0.3, -0.25) is 4.79 Å². The Hall–Kier alpha value is -1.81. The summed E-state index contributed by atoms with van der Waals surface area (Å²) in [6.45, 7) is 0.678. The quantitative estimate of drug-likeness (QED) is 0.453. The molecule has 122 valence electrons. The number of aryl methyl sites for hydroxylation is 1. The zero-order valence-electron chi connectivity index (χ0n) is 13.3. The summed E-state index contributed by atoms with van der Waals surface area (Å²) in [6.07, 6.45) is 5.12. The minimum Gasteiger partial charge on any atom is -0.497 e. The molecule has 0 saturated heterocycles. The molecule has 0 amide bonds. The van der Waals surface area contributed by atoms with E-state index >= 15 is 0 Å². The fourth-order valence-electron chi connectivity index (χ4n) is 2.33. The molecule has 2 aromatic rings. The van der Waals surface area contributed by atoms with Gasteiger partial charge < -0.3 is 9.47 Å². The summed E-state index contributed by atoms with van der Waals surface area (Å²) in [5.41, 5.74) is 1.94. The van der Waals surface area contributed by atoms with Crippen LogP contribution < -0.4 is 9.47 Å². The van der Waals surface area contributed by atoms with Crippen LogP contribution >= 0.6 is 15.9 Å². The first-order valence-corrected chi connectivity index (χ1v) is 8.52. The number of ether oxygens (including phenoxy) is 2. The Balaban J connectivity index is 1.67. The molecule has 0 aromatic heterocycles. The Labute approximate surface area is 145 Å². The van der Waals surface area contributed by atoms with E-state index in [1.807, 2.05) is 18.2 Å². The summed E-state index contributed by atoms with van der Waals surface area (Å²) in [5.74, 6) is 1.69. The molecule has 0 aliphatic carbocycles. The van der Waals surface area contributed by atoms with Crippen molar-refractivity contribution in [1.29, 1.82) is 0 Å². The van der Waals surface area contributed by atoms with Crippen molar-refractivity contribution in [2.75, 3.05) is 13.7 Å². The fraction of sp³-hybridized carbons (Fsp3) is 0.316. The highest BCUT2D eigenvalue weighted by molar-refractivity contribution is 9.10. The summed E-state index contributed by atoms with van der Waals surface area (Å²) in [4.78, 5) is 10.7. The van der Waals surface area contributed by atoms with E-state index in [2.05, 4.69) is 28.1 Å². The molecule has 0 spiro atoms. The summed E-state index contributed by atoms with van der Waals surface area (Å²) >= 11 is 3.42. The number of hydrogen-bond acceptors (Lipinski definition) is 3. The van der Waals surface area contributed by atoms with Gasteiger partial charge >= 0.3 is 0 Å². The van der Waals surface area contributed by atoms with Crippen LogP contribution in [-0.2, 0) is 6.42 Å². The predicted molar refractivity (Wildman–Crippen MR) is 95.6 cm³/mol. The van der Waals surface area contributed by atoms with E-state index in [9.17, 15) is 4.79 Å². The molecule has 2 aromatic carbocycles. The molecule has 0 bridgehead atoms. The molecule has 0 aliphatic heterocycles. The van der Waals surface area contributed by atoms with Crippen LogP contribution in [0.2, 0.25) is 0 Å². The van der Waals surface area contributed by atoms with Crippen molar-refractivity contribution >= 4 is 22.2 Å². The van der Waals surface area contributed by atoms with Crippen molar-refractivity contribution in [3.05, 3.63) is 58.1 Å². The van der Waals surface area contributed by atoms with E-state index < -0.39 is 0 Å². The second-order valence-electron chi connectivity index (χ2n) is 5.32. The normalized spacial score (nSPS) is 10.3. The van der Waals surface area contributed by atoms with Crippen LogP contribution in [0, 0.1) is 0 Å².